The molecule has 1 aromatic carbocycles. The van der Waals surface area contributed by atoms with Gasteiger partial charge in [-0.1, -0.05) is 29.8 Å². The molecule has 2 unspecified atom stereocenters. The maximum absolute atomic E-state index is 15.1. The number of nitrogens with one attached hydrogen (secondary N) is 1. The van der Waals surface area contributed by atoms with E-state index in [-0.39, 0.29) is 10.9 Å². The number of aliphatic hydroxyl groups excluding tert-OH is 1. The zero-order chi connectivity index (χ0) is 26.7. The van der Waals surface area contributed by atoms with Gasteiger partial charge in [-0.2, -0.15) is 5.09 Å². The molecule has 1 aliphatic heterocycles. The molecular formula is C23H27ClFN4O7P. The number of carbonyl (C=O) groups excluding carboxylic acids is 1. The fourth-order valence-corrected chi connectivity index (χ4v) is 5.41. The Morgan fingerprint density at radius 2 is 2.00 bits per heavy atom. The molecule has 37 heavy (non-hydrogen) atoms. The van der Waals surface area contributed by atoms with E-state index in [0.717, 1.165) is 0 Å². The molecule has 1 fully saturated rings. The molecule has 0 saturated carbocycles. The summed E-state index contributed by atoms with van der Waals surface area (Å²) in [4.78, 5) is 20.3. The van der Waals surface area contributed by atoms with Gasteiger partial charge in [-0.05, 0) is 39.0 Å². The first-order chi connectivity index (χ1) is 17.6. The number of aliphatic hydroxyl groups is 1. The topological polar surface area (TPSA) is 134 Å². The number of hydrogen-bond acceptors (Lipinski definition) is 9. The van der Waals surface area contributed by atoms with Gasteiger partial charge in [0.05, 0.1) is 18.1 Å². The van der Waals surface area contributed by atoms with Gasteiger partial charge in [0.15, 0.2) is 12.4 Å². The van der Waals surface area contributed by atoms with Crippen molar-refractivity contribution in [3.05, 3.63) is 54.1 Å². The van der Waals surface area contributed by atoms with E-state index >= 15 is 4.39 Å². The van der Waals surface area contributed by atoms with Gasteiger partial charge in [0, 0.05) is 6.20 Å². The van der Waals surface area contributed by atoms with Crippen molar-refractivity contribution in [1.29, 1.82) is 0 Å². The van der Waals surface area contributed by atoms with E-state index in [0.29, 0.717) is 11.0 Å². The van der Waals surface area contributed by atoms with E-state index in [2.05, 4.69) is 15.1 Å². The zero-order valence-electron chi connectivity index (χ0n) is 20.2. The highest BCUT2D eigenvalue weighted by Gasteiger charge is 2.47. The number of esters is 1. The molecule has 0 radical (unpaired) electrons. The number of ether oxygens (including phenoxy) is 2. The van der Waals surface area contributed by atoms with Crippen molar-refractivity contribution >= 4 is 36.4 Å². The Morgan fingerprint density at radius 3 is 2.70 bits per heavy atom. The van der Waals surface area contributed by atoms with Crippen LogP contribution in [0, 0.1) is 0 Å². The summed E-state index contributed by atoms with van der Waals surface area (Å²) in [5, 5.41) is 13.7. The Labute approximate surface area is 217 Å². The molecule has 200 valence electrons. The van der Waals surface area contributed by atoms with Crippen LogP contribution in [0.15, 0.2) is 48.9 Å². The van der Waals surface area contributed by atoms with E-state index in [1.54, 1.807) is 50.2 Å². The molecule has 3 heterocycles. The Hall–Kier alpha value is -2.60. The van der Waals surface area contributed by atoms with Gasteiger partial charge >= 0.3 is 13.7 Å². The van der Waals surface area contributed by atoms with Gasteiger partial charge in [-0.3, -0.25) is 9.32 Å². The predicted octanol–water partition coefficient (Wildman–Crippen LogP) is 3.81. The quantitative estimate of drug-likeness (QED) is 0.216. The van der Waals surface area contributed by atoms with Crippen LogP contribution >= 0.6 is 19.3 Å². The summed E-state index contributed by atoms with van der Waals surface area (Å²) in [6.45, 7) is 4.28. The van der Waals surface area contributed by atoms with Gasteiger partial charge in [0.1, 0.15) is 41.1 Å². The molecule has 0 aliphatic carbocycles. The number of benzene rings is 1. The average Bonchev–Trinajstić information content (AvgIpc) is 3.40. The van der Waals surface area contributed by atoms with Gasteiger partial charge in [0.2, 0.25) is 0 Å². The summed E-state index contributed by atoms with van der Waals surface area (Å²) in [7, 11) is -4.23. The van der Waals surface area contributed by atoms with Gasteiger partial charge in [-0.25, -0.2) is 18.9 Å². The lowest BCUT2D eigenvalue weighted by Gasteiger charge is -2.25. The minimum atomic E-state index is -4.23. The first-order valence-corrected chi connectivity index (χ1v) is 13.4. The van der Waals surface area contributed by atoms with Crippen molar-refractivity contribution < 1.29 is 37.4 Å². The number of rotatable bonds is 10. The van der Waals surface area contributed by atoms with Crippen LogP contribution in [0.3, 0.4) is 0 Å². The van der Waals surface area contributed by atoms with Crippen molar-refractivity contribution in [2.45, 2.75) is 57.5 Å². The van der Waals surface area contributed by atoms with E-state index < -0.39 is 57.1 Å². The fraction of sp³-hybridized carbons (Fsp3) is 0.435. The molecule has 0 amide bonds. The van der Waals surface area contributed by atoms with E-state index in [1.807, 2.05) is 0 Å². The third kappa shape index (κ3) is 6.28. The van der Waals surface area contributed by atoms with Crippen LogP contribution in [-0.2, 0) is 23.4 Å². The number of alkyl halides is 1. The highest BCUT2D eigenvalue weighted by atomic mass is 35.5. The maximum Gasteiger partial charge on any atom is 0.459 e. The Kier molecular flexibility index (Phi) is 8.47. The highest BCUT2D eigenvalue weighted by Crippen LogP contribution is 2.46. The molecule has 2 aromatic heterocycles. The molecule has 1 aliphatic rings. The smallest absolute Gasteiger partial charge is 0.459 e. The third-order valence-electron chi connectivity index (χ3n) is 5.46. The van der Waals surface area contributed by atoms with Crippen LogP contribution in [-0.4, -0.2) is 62.7 Å². The monoisotopic (exact) mass is 556 g/mol. The zero-order valence-corrected chi connectivity index (χ0v) is 21.9. The van der Waals surface area contributed by atoms with E-state index in [1.165, 1.54) is 24.0 Å². The summed E-state index contributed by atoms with van der Waals surface area (Å²) in [6.07, 6.45) is -3.59. The van der Waals surface area contributed by atoms with Crippen molar-refractivity contribution in [3.8, 4) is 5.75 Å². The lowest BCUT2D eigenvalue weighted by molar-refractivity contribution is -0.149. The van der Waals surface area contributed by atoms with Crippen LogP contribution in [0.5, 0.6) is 5.75 Å². The van der Waals surface area contributed by atoms with Crippen LogP contribution in [0.25, 0.3) is 11.0 Å². The Bertz CT molecular complexity index is 1280. The highest BCUT2D eigenvalue weighted by molar-refractivity contribution is 7.52. The minimum Gasteiger partial charge on any atom is -0.462 e. The number of carbonyl (C=O) groups is 1. The van der Waals surface area contributed by atoms with Crippen molar-refractivity contribution in [1.82, 2.24) is 19.6 Å². The summed E-state index contributed by atoms with van der Waals surface area (Å²) in [5.74, 6) is -0.469. The average molecular weight is 557 g/mol. The SMILES string of the molecule is CC(C)OC(=O)[C@@H](C)NP(=O)(OC[C@H]1OC(n2ccc3c(Cl)ncnc32)[C@@H](F)[C@@H]1O)Oc1ccccc1. The first-order valence-electron chi connectivity index (χ1n) is 11.5. The molecule has 6 atom stereocenters. The van der Waals surface area contributed by atoms with Crippen LogP contribution in [0.2, 0.25) is 5.15 Å². The molecule has 4 rings (SSSR count). The predicted molar refractivity (Wildman–Crippen MR) is 132 cm³/mol. The summed E-state index contributed by atoms with van der Waals surface area (Å²) in [6, 6.07) is 8.70. The van der Waals surface area contributed by atoms with E-state index in [4.69, 9.17) is 30.1 Å². The lowest BCUT2D eigenvalue weighted by atomic mass is 10.1. The summed E-state index contributed by atoms with van der Waals surface area (Å²) < 4.78 is 52.1. The number of halogens is 2. The number of aromatic nitrogens is 3. The molecule has 14 heteroatoms. The normalized spacial score (nSPS) is 24.2. The van der Waals surface area contributed by atoms with Crippen LogP contribution in [0.4, 0.5) is 4.39 Å². The number of fused-ring (bicyclic) bond motifs is 1. The largest absolute Gasteiger partial charge is 0.462 e. The van der Waals surface area contributed by atoms with Gasteiger partial charge in [-0.15, -0.1) is 0 Å². The van der Waals surface area contributed by atoms with Crippen molar-refractivity contribution in [2.24, 2.45) is 0 Å². The Morgan fingerprint density at radius 1 is 1.27 bits per heavy atom. The fourth-order valence-electron chi connectivity index (χ4n) is 3.72. The lowest BCUT2D eigenvalue weighted by Crippen LogP contribution is -2.37. The van der Waals surface area contributed by atoms with Crippen LogP contribution < -0.4 is 9.61 Å². The molecule has 1 saturated heterocycles. The second-order valence-corrected chi connectivity index (χ2v) is 10.7. The van der Waals surface area contributed by atoms with Crippen LogP contribution in [0.1, 0.15) is 27.0 Å². The number of para-hydroxylation sites is 1. The molecular weight excluding hydrogens is 530 g/mol. The van der Waals surface area contributed by atoms with E-state index in [9.17, 15) is 14.5 Å². The number of nitrogens with zero attached hydrogens (tertiary/aromatic N) is 3. The van der Waals surface area contributed by atoms with Gasteiger partial charge < -0.3 is 23.7 Å². The third-order valence-corrected chi connectivity index (χ3v) is 7.41. The first kappa shape index (κ1) is 27.4. The standard InChI is InChI=1S/C23H27ClFN4O7P/c1-13(2)34-23(31)14(3)28-37(32,36-15-7-5-4-6-8-15)33-11-17-19(30)18(25)22(35-17)29-10-9-16-20(24)26-12-27-21(16)29/h4-10,12-14,17-19,22,30H,11H2,1-3H3,(H,28,32)/t14-,17-,18+,19-,22?,37?/m1/s1. The number of hydrogen-bond donors (Lipinski definition) is 2. The Balaban J connectivity index is 1.50. The maximum atomic E-state index is 15.1. The summed E-state index contributed by atoms with van der Waals surface area (Å²) >= 11 is 6.08. The van der Waals surface area contributed by atoms with Gasteiger partial charge in [0.25, 0.3) is 0 Å². The molecule has 11 nitrogen and oxygen atoms in total. The second kappa shape index (κ2) is 11.4. The molecule has 2 N–H and O–H groups in total. The molecule has 3 aromatic rings. The molecule has 0 bridgehead atoms. The van der Waals surface area contributed by atoms with Crippen molar-refractivity contribution in [2.75, 3.05) is 6.61 Å². The van der Waals surface area contributed by atoms with Crippen molar-refractivity contribution in [3.63, 3.8) is 0 Å². The summed E-state index contributed by atoms with van der Waals surface area (Å²) in [5.41, 5.74) is 0.318. The minimum absolute atomic E-state index is 0.188. The molecule has 0 spiro atoms. The second-order valence-electron chi connectivity index (χ2n) is 8.66.